The number of para-hydroxylation sites is 2. The average molecular weight is 402 g/mol. The van der Waals surface area contributed by atoms with Crippen LogP contribution in [0.25, 0.3) is 6.08 Å². The molecule has 5 nitrogen and oxygen atoms in total. The molecule has 2 amide bonds. The Bertz CT molecular complexity index is 1080. The van der Waals surface area contributed by atoms with Gasteiger partial charge in [0, 0.05) is 0 Å². The number of carbonyl (C=O) groups is 2. The van der Waals surface area contributed by atoms with Gasteiger partial charge in [0.25, 0.3) is 11.8 Å². The van der Waals surface area contributed by atoms with Crippen molar-refractivity contribution in [3.05, 3.63) is 89.4 Å². The van der Waals surface area contributed by atoms with Crippen molar-refractivity contribution >= 4 is 46.6 Å². The molecule has 1 aliphatic heterocycles. The van der Waals surface area contributed by atoms with Crippen LogP contribution in [0, 0.1) is 13.8 Å². The Morgan fingerprint density at radius 3 is 1.76 bits per heavy atom. The third-order valence-corrected chi connectivity index (χ3v) is 5.16. The van der Waals surface area contributed by atoms with Crippen LogP contribution in [0.1, 0.15) is 16.9 Å². The van der Waals surface area contributed by atoms with Crippen molar-refractivity contribution in [1.29, 1.82) is 0 Å². The van der Waals surface area contributed by atoms with Crippen molar-refractivity contribution in [2.45, 2.75) is 13.8 Å². The minimum Gasteiger partial charge on any atom is -0.465 e. The van der Waals surface area contributed by atoms with Gasteiger partial charge in [-0.15, -0.1) is 0 Å². The zero-order valence-electron chi connectivity index (χ0n) is 16.0. The second-order valence-corrected chi connectivity index (χ2v) is 7.08. The van der Waals surface area contributed by atoms with Crippen molar-refractivity contribution in [3.8, 4) is 0 Å². The SMILES string of the molecule is Cc1ccccc1N1C(=O)C(=Cc2ccco2)C(=O)N(c2ccccc2C)C1=S. The van der Waals surface area contributed by atoms with Gasteiger partial charge in [-0.3, -0.25) is 19.4 Å². The highest BCUT2D eigenvalue weighted by Crippen LogP contribution is 2.32. The van der Waals surface area contributed by atoms with Crippen LogP contribution in [0.2, 0.25) is 0 Å². The molecule has 0 radical (unpaired) electrons. The number of furan rings is 1. The second kappa shape index (κ2) is 7.48. The first-order valence-corrected chi connectivity index (χ1v) is 9.49. The van der Waals surface area contributed by atoms with E-state index < -0.39 is 11.8 Å². The predicted octanol–water partition coefficient (Wildman–Crippen LogP) is 4.64. The number of hydrogen-bond donors (Lipinski definition) is 0. The van der Waals surface area contributed by atoms with Gasteiger partial charge in [0.05, 0.1) is 17.6 Å². The van der Waals surface area contributed by atoms with E-state index in [-0.39, 0.29) is 10.7 Å². The summed E-state index contributed by atoms with van der Waals surface area (Å²) in [5.74, 6) is -0.532. The topological polar surface area (TPSA) is 53.8 Å². The van der Waals surface area contributed by atoms with Gasteiger partial charge < -0.3 is 4.42 Å². The van der Waals surface area contributed by atoms with E-state index >= 15 is 0 Å². The number of benzene rings is 2. The van der Waals surface area contributed by atoms with E-state index in [0.717, 1.165) is 11.1 Å². The first-order chi connectivity index (χ1) is 14.0. The highest BCUT2D eigenvalue weighted by molar-refractivity contribution is 7.81. The van der Waals surface area contributed by atoms with E-state index in [0.29, 0.717) is 17.1 Å². The number of rotatable bonds is 3. The molecule has 0 unspecified atom stereocenters. The van der Waals surface area contributed by atoms with Gasteiger partial charge in [-0.05, 0) is 67.5 Å². The number of carbonyl (C=O) groups excluding carboxylic acids is 2. The van der Waals surface area contributed by atoms with E-state index in [2.05, 4.69) is 0 Å². The van der Waals surface area contributed by atoms with Crippen molar-refractivity contribution in [3.63, 3.8) is 0 Å². The molecule has 0 bridgehead atoms. The molecule has 0 spiro atoms. The Labute approximate surface area is 173 Å². The molecular formula is C23H18N2O3S. The smallest absolute Gasteiger partial charge is 0.270 e. The van der Waals surface area contributed by atoms with E-state index in [4.69, 9.17) is 16.6 Å². The first kappa shape index (κ1) is 18.8. The quantitative estimate of drug-likeness (QED) is 0.364. The predicted molar refractivity (Wildman–Crippen MR) is 117 cm³/mol. The maximum Gasteiger partial charge on any atom is 0.270 e. The molecule has 29 heavy (non-hydrogen) atoms. The lowest BCUT2D eigenvalue weighted by atomic mass is 10.1. The zero-order chi connectivity index (χ0) is 20.5. The summed E-state index contributed by atoms with van der Waals surface area (Å²) in [7, 11) is 0. The Hall–Kier alpha value is -3.51. The molecule has 1 aromatic heterocycles. The van der Waals surface area contributed by atoms with E-state index in [9.17, 15) is 9.59 Å². The lowest BCUT2D eigenvalue weighted by Gasteiger charge is -2.37. The molecule has 2 aromatic carbocycles. The van der Waals surface area contributed by atoms with Crippen LogP contribution in [-0.4, -0.2) is 16.9 Å². The molecule has 0 saturated carbocycles. The molecule has 4 rings (SSSR count). The van der Waals surface area contributed by atoms with Gasteiger partial charge in [0.15, 0.2) is 5.11 Å². The molecule has 1 fully saturated rings. The van der Waals surface area contributed by atoms with Crippen LogP contribution in [-0.2, 0) is 9.59 Å². The van der Waals surface area contributed by atoms with E-state index in [1.165, 1.54) is 22.1 Å². The van der Waals surface area contributed by atoms with Gasteiger partial charge in [-0.25, -0.2) is 0 Å². The summed E-state index contributed by atoms with van der Waals surface area (Å²) in [5.41, 5.74) is 3.01. The van der Waals surface area contributed by atoms with E-state index in [1.54, 1.807) is 12.1 Å². The van der Waals surface area contributed by atoms with Crippen LogP contribution in [0.3, 0.4) is 0 Å². The normalized spacial score (nSPS) is 14.6. The lowest BCUT2D eigenvalue weighted by Crippen LogP contribution is -2.57. The third-order valence-electron chi connectivity index (χ3n) is 4.79. The van der Waals surface area contributed by atoms with Gasteiger partial charge in [0.2, 0.25) is 0 Å². The number of hydrogen-bond acceptors (Lipinski definition) is 4. The van der Waals surface area contributed by atoms with Crippen LogP contribution in [0.15, 0.2) is 76.9 Å². The molecule has 2 heterocycles. The molecular weight excluding hydrogens is 384 g/mol. The highest BCUT2D eigenvalue weighted by atomic mass is 32.1. The third kappa shape index (κ3) is 3.28. The largest absolute Gasteiger partial charge is 0.465 e. The van der Waals surface area contributed by atoms with Crippen LogP contribution in [0.5, 0.6) is 0 Å². The summed E-state index contributed by atoms with van der Waals surface area (Å²) in [6.07, 6.45) is 2.95. The minimum atomic E-state index is -0.476. The van der Waals surface area contributed by atoms with Crippen molar-refractivity contribution in [1.82, 2.24) is 0 Å². The number of anilines is 2. The van der Waals surface area contributed by atoms with Crippen LogP contribution < -0.4 is 9.80 Å². The van der Waals surface area contributed by atoms with Crippen molar-refractivity contribution in [2.24, 2.45) is 0 Å². The summed E-state index contributed by atoms with van der Waals surface area (Å²) in [6.45, 7) is 3.80. The Kier molecular flexibility index (Phi) is 4.86. The fourth-order valence-corrected chi connectivity index (χ4v) is 3.66. The number of aryl methyl sites for hydroxylation is 2. The molecule has 144 valence electrons. The molecule has 0 N–H and O–H groups in total. The van der Waals surface area contributed by atoms with Crippen molar-refractivity contribution < 1.29 is 14.0 Å². The summed E-state index contributed by atoms with van der Waals surface area (Å²) in [4.78, 5) is 29.6. The fourth-order valence-electron chi connectivity index (χ4n) is 3.30. The van der Waals surface area contributed by atoms with Crippen LogP contribution in [0.4, 0.5) is 11.4 Å². The first-order valence-electron chi connectivity index (χ1n) is 9.08. The number of thiocarbonyl (C=S) groups is 1. The maximum absolute atomic E-state index is 13.4. The molecule has 6 heteroatoms. The van der Waals surface area contributed by atoms with Gasteiger partial charge in [-0.2, -0.15) is 0 Å². The number of amides is 2. The molecule has 3 aromatic rings. The monoisotopic (exact) mass is 402 g/mol. The van der Waals surface area contributed by atoms with Gasteiger partial charge in [-0.1, -0.05) is 36.4 Å². The summed E-state index contributed by atoms with van der Waals surface area (Å²) in [5, 5.41) is 0.125. The molecule has 0 atom stereocenters. The second-order valence-electron chi connectivity index (χ2n) is 6.71. The Morgan fingerprint density at radius 2 is 1.31 bits per heavy atom. The summed E-state index contributed by atoms with van der Waals surface area (Å²) >= 11 is 5.65. The van der Waals surface area contributed by atoms with Crippen molar-refractivity contribution in [2.75, 3.05) is 9.80 Å². The Balaban J connectivity index is 1.92. The summed E-state index contributed by atoms with van der Waals surface area (Å²) in [6, 6.07) is 18.3. The maximum atomic E-state index is 13.4. The highest BCUT2D eigenvalue weighted by Gasteiger charge is 2.42. The fraction of sp³-hybridized carbons (Fsp3) is 0.0870. The van der Waals surface area contributed by atoms with Crippen LogP contribution >= 0.6 is 12.2 Å². The lowest BCUT2D eigenvalue weighted by molar-refractivity contribution is -0.120. The van der Waals surface area contributed by atoms with Gasteiger partial charge in [0.1, 0.15) is 11.3 Å². The van der Waals surface area contributed by atoms with E-state index in [1.807, 2.05) is 62.4 Å². The summed E-state index contributed by atoms with van der Waals surface area (Å²) < 4.78 is 5.34. The molecule has 0 aliphatic carbocycles. The average Bonchev–Trinajstić information content (AvgIpc) is 3.21. The zero-order valence-corrected chi connectivity index (χ0v) is 16.8. The standard InChI is InChI=1S/C23H18N2O3S/c1-15-8-3-5-11-19(15)24-21(26)18(14-17-10-7-13-28-17)22(27)25(23(24)29)20-12-6-4-9-16(20)2/h3-14H,1-2H3. The molecule has 1 aliphatic rings. The minimum absolute atomic E-state index is 0.0138. The molecule has 1 saturated heterocycles. The van der Waals surface area contributed by atoms with Gasteiger partial charge >= 0.3 is 0 Å². The Morgan fingerprint density at radius 1 is 0.793 bits per heavy atom. The number of nitrogens with zero attached hydrogens (tertiary/aromatic N) is 2.